The molecule has 0 heterocycles. The highest BCUT2D eigenvalue weighted by Crippen LogP contribution is 2.49. The van der Waals surface area contributed by atoms with Crippen LogP contribution in [0.5, 0.6) is 0 Å². The number of hydrogen-bond acceptors (Lipinski definition) is 3. The molecule has 0 spiro atoms. The summed E-state index contributed by atoms with van der Waals surface area (Å²) in [6.45, 7) is 3.50. The lowest BCUT2D eigenvalue weighted by Gasteiger charge is -2.28. The van der Waals surface area contributed by atoms with Crippen molar-refractivity contribution < 1.29 is 14.0 Å². The first-order valence-electron chi connectivity index (χ1n) is 8.66. The van der Waals surface area contributed by atoms with E-state index in [0.717, 1.165) is 11.8 Å². The highest BCUT2D eigenvalue weighted by molar-refractivity contribution is 8.00. The van der Waals surface area contributed by atoms with Crippen molar-refractivity contribution in [2.24, 2.45) is 17.8 Å². The molecule has 1 aromatic rings. The van der Waals surface area contributed by atoms with E-state index in [0.29, 0.717) is 16.4 Å². The van der Waals surface area contributed by atoms with E-state index in [4.69, 9.17) is 0 Å². The fourth-order valence-electron chi connectivity index (χ4n) is 4.29. The Balaban J connectivity index is 1.49. The van der Waals surface area contributed by atoms with Crippen molar-refractivity contribution in [2.45, 2.75) is 50.5 Å². The molecule has 3 nitrogen and oxygen atoms in total. The maximum atomic E-state index is 14.0. The van der Waals surface area contributed by atoms with E-state index in [2.05, 4.69) is 12.2 Å². The third kappa shape index (κ3) is 3.82. The summed E-state index contributed by atoms with van der Waals surface area (Å²) in [4.78, 5) is 23.8. The summed E-state index contributed by atoms with van der Waals surface area (Å²) < 4.78 is 14.0. The molecule has 0 aromatic heterocycles. The second-order valence-electron chi connectivity index (χ2n) is 7.18. The van der Waals surface area contributed by atoms with E-state index in [1.54, 1.807) is 12.1 Å². The number of halogens is 1. The van der Waals surface area contributed by atoms with Gasteiger partial charge in [0.1, 0.15) is 5.82 Å². The van der Waals surface area contributed by atoms with E-state index in [-0.39, 0.29) is 23.5 Å². The fraction of sp³-hybridized carbons (Fsp3) is 0.579. The Hall–Kier alpha value is -1.36. The Kier molecular flexibility index (Phi) is 5.28. The molecule has 0 radical (unpaired) electrons. The van der Waals surface area contributed by atoms with E-state index in [1.807, 2.05) is 0 Å². The van der Waals surface area contributed by atoms with Gasteiger partial charge in [-0.3, -0.25) is 9.59 Å². The van der Waals surface area contributed by atoms with Crippen molar-refractivity contribution >= 4 is 23.5 Å². The number of benzene rings is 1. The molecule has 2 bridgehead atoms. The molecule has 1 N–H and O–H groups in total. The van der Waals surface area contributed by atoms with Crippen LogP contribution in [0.3, 0.4) is 0 Å². The van der Waals surface area contributed by atoms with Gasteiger partial charge < -0.3 is 5.32 Å². The first-order chi connectivity index (χ1) is 11.4. The first kappa shape index (κ1) is 17.5. The van der Waals surface area contributed by atoms with Gasteiger partial charge in [0.05, 0.1) is 5.75 Å². The van der Waals surface area contributed by atoms with Crippen LogP contribution in [0.25, 0.3) is 0 Å². The molecule has 1 amide bonds. The second kappa shape index (κ2) is 7.26. The number of thioether (sulfide) groups is 1. The van der Waals surface area contributed by atoms with Gasteiger partial charge in [-0.25, -0.2) is 4.39 Å². The molecule has 130 valence electrons. The van der Waals surface area contributed by atoms with Gasteiger partial charge in [-0.1, -0.05) is 12.5 Å². The third-order valence-corrected chi connectivity index (χ3v) is 6.57. The number of fused-ring (bicyclic) bond motifs is 2. The van der Waals surface area contributed by atoms with Crippen LogP contribution < -0.4 is 5.32 Å². The maximum Gasteiger partial charge on any atom is 0.230 e. The Morgan fingerprint density at radius 2 is 2.12 bits per heavy atom. The van der Waals surface area contributed by atoms with E-state index < -0.39 is 5.82 Å². The van der Waals surface area contributed by atoms with Gasteiger partial charge in [0, 0.05) is 16.5 Å². The molecular formula is C19H24FNO2S. The summed E-state index contributed by atoms with van der Waals surface area (Å²) in [6, 6.07) is 4.60. The van der Waals surface area contributed by atoms with Crippen LogP contribution in [0.1, 0.15) is 49.9 Å². The first-order valence-corrected chi connectivity index (χ1v) is 9.65. The lowest BCUT2D eigenvalue weighted by atomic mass is 9.84. The average Bonchev–Trinajstić information content (AvgIpc) is 3.16. The van der Waals surface area contributed by atoms with Gasteiger partial charge in [-0.15, -0.1) is 11.8 Å². The number of amides is 1. The predicted molar refractivity (Wildman–Crippen MR) is 93.7 cm³/mol. The second-order valence-corrected chi connectivity index (χ2v) is 8.20. The van der Waals surface area contributed by atoms with Crippen LogP contribution in [0, 0.1) is 23.6 Å². The van der Waals surface area contributed by atoms with E-state index >= 15 is 0 Å². The fourth-order valence-corrected chi connectivity index (χ4v) is 5.02. The molecule has 4 atom stereocenters. The van der Waals surface area contributed by atoms with Crippen LogP contribution in [-0.2, 0) is 4.79 Å². The zero-order chi connectivity index (χ0) is 17.3. The number of ketones is 1. The number of Topliss-reactive ketones (excluding diaryl/α,β-unsaturated/α-hetero) is 1. The Morgan fingerprint density at radius 3 is 2.71 bits per heavy atom. The molecule has 2 aliphatic rings. The molecule has 4 unspecified atom stereocenters. The van der Waals surface area contributed by atoms with Crippen molar-refractivity contribution in [1.29, 1.82) is 0 Å². The Morgan fingerprint density at radius 1 is 1.33 bits per heavy atom. The Bertz CT molecular complexity index is 648. The quantitative estimate of drug-likeness (QED) is 0.622. The molecule has 5 heteroatoms. The molecule has 0 aliphatic heterocycles. The summed E-state index contributed by atoms with van der Waals surface area (Å²) in [7, 11) is 0. The summed E-state index contributed by atoms with van der Waals surface area (Å²) >= 11 is 1.18. The summed E-state index contributed by atoms with van der Waals surface area (Å²) in [5.74, 6) is 1.78. The van der Waals surface area contributed by atoms with Crippen LogP contribution in [0.15, 0.2) is 23.1 Å². The molecule has 2 saturated carbocycles. The lowest BCUT2D eigenvalue weighted by Crippen LogP contribution is -2.40. The molecular weight excluding hydrogens is 325 g/mol. The predicted octanol–water partition coefficient (Wildman–Crippen LogP) is 4.06. The van der Waals surface area contributed by atoms with E-state index in [1.165, 1.54) is 50.4 Å². The number of hydrogen-bond donors (Lipinski definition) is 1. The molecule has 2 aliphatic carbocycles. The van der Waals surface area contributed by atoms with Crippen LogP contribution in [-0.4, -0.2) is 23.5 Å². The zero-order valence-electron chi connectivity index (χ0n) is 14.2. The molecule has 3 rings (SSSR count). The number of carbonyl (C=O) groups excluding carboxylic acids is 2. The number of nitrogens with one attached hydrogen (secondary N) is 1. The zero-order valence-corrected chi connectivity index (χ0v) is 15.0. The standard InChI is InChI=1S/C19H24FNO2S/c1-11(16-8-13-3-4-15(16)7-13)21-19(23)10-24-18-6-5-14(12(2)22)9-17(18)20/h5-6,9,11,13,15-16H,3-4,7-8,10H2,1-2H3,(H,21,23). The highest BCUT2D eigenvalue weighted by Gasteiger charge is 2.42. The minimum Gasteiger partial charge on any atom is -0.353 e. The largest absolute Gasteiger partial charge is 0.353 e. The van der Waals surface area contributed by atoms with Gasteiger partial charge in [-0.05, 0) is 63.0 Å². The smallest absolute Gasteiger partial charge is 0.230 e. The summed E-state index contributed by atoms with van der Waals surface area (Å²) in [6.07, 6.45) is 5.22. The summed E-state index contributed by atoms with van der Waals surface area (Å²) in [5, 5.41) is 3.09. The van der Waals surface area contributed by atoms with Crippen molar-refractivity contribution in [3.05, 3.63) is 29.6 Å². The number of carbonyl (C=O) groups is 2. The SMILES string of the molecule is CC(=O)c1ccc(SCC(=O)NC(C)C2CC3CCC2C3)c(F)c1. The van der Waals surface area contributed by atoms with Gasteiger partial charge in [0.25, 0.3) is 0 Å². The maximum absolute atomic E-state index is 14.0. The monoisotopic (exact) mass is 349 g/mol. The van der Waals surface area contributed by atoms with Gasteiger partial charge in [0.15, 0.2) is 5.78 Å². The van der Waals surface area contributed by atoms with E-state index in [9.17, 15) is 14.0 Å². The topological polar surface area (TPSA) is 46.2 Å². The third-order valence-electron chi connectivity index (χ3n) is 5.52. The van der Waals surface area contributed by atoms with Crippen LogP contribution in [0.2, 0.25) is 0 Å². The molecule has 0 saturated heterocycles. The van der Waals surface area contributed by atoms with Gasteiger partial charge >= 0.3 is 0 Å². The molecule has 24 heavy (non-hydrogen) atoms. The minimum absolute atomic E-state index is 0.0506. The van der Waals surface area contributed by atoms with Crippen LogP contribution in [0.4, 0.5) is 4.39 Å². The Labute approximate surface area is 146 Å². The van der Waals surface area contributed by atoms with Crippen molar-refractivity contribution in [3.63, 3.8) is 0 Å². The lowest BCUT2D eigenvalue weighted by molar-refractivity contribution is -0.119. The van der Waals surface area contributed by atoms with Gasteiger partial charge in [0.2, 0.25) is 5.91 Å². The normalized spacial score (nSPS) is 26.4. The van der Waals surface area contributed by atoms with Crippen LogP contribution >= 0.6 is 11.8 Å². The average molecular weight is 349 g/mol. The molecule has 2 fully saturated rings. The van der Waals surface area contributed by atoms with Crippen molar-refractivity contribution in [1.82, 2.24) is 5.32 Å². The highest BCUT2D eigenvalue weighted by atomic mass is 32.2. The minimum atomic E-state index is -0.443. The van der Waals surface area contributed by atoms with Crippen molar-refractivity contribution in [3.8, 4) is 0 Å². The molecule has 1 aromatic carbocycles. The van der Waals surface area contributed by atoms with Crippen molar-refractivity contribution in [2.75, 3.05) is 5.75 Å². The number of rotatable bonds is 6. The van der Waals surface area contributed by atoms with Gasteiger partial charge in [-0.2, -0.15) is 0 Å². The summed E-state index contributed by atoms with van der Waals surface area (Å²) in [5.41, 5.74) is 0.353.